The summed E-state index contributed by atoms with van der Waals surface area (Å²) in [5.41, 5.74) is 1.47. The zero-order valence-corrected chi connectivity index (χ0v) is 11.8. The van der Waals surface area contributed by atoms with Crippen molar-refractivity contribution in [3.63, 3.8) is 0 Å². The van der Waals surface area contributed by atoms with E-state index in [0.29, 0.717) is 5.69 Å². The molecule has 0 spiro atoms. The molecule has 1 saturated carbocycles. The minimum atomic E-state index is -0.847. The second-order valence-corrected chi connectivity index (χ2v) is 5.81. The Bertz CT molecular complexity index is 452. The normalized spacial score (nSPS) is 17.9. The van der Waals surface area contributed by atoms with Crippen molar-refractivity contribution < 1.29 is 14.7 Å². The van der Waals surface area contributed by atoms with E-state index in [1.54, 1.807) is 22.8 Å². The molecule has 1 amide bonds. The lowest BCUT2D eigenvalue weighted by atomic mass is 9.78. The molecule has 0 aliphatic heterocycles. The lowest BCUT2D eigenvalue weighted by Gasteiger charge is -2.43. The van der Waals surface area contributed by atoms with Gasteiger partial charge in [0.05, 0.1) is 17.5 Å². The number of amides is 1. The van der Waals surface area contributed by atoms with Crippen molar-refractivity contribution in [2.75, 3.05) is 7.05 Å². The fourth-order valence-corrected chi connectivity index (χ4v) is 3.35. The number of carbonyl (C=O) groups excluding carboxylic acids is 1. The van der Waals surface area contributed by atoms with Gasteiger partial charge < -0.3 is 10.0 Å². The Morgan fingerprint density at radius 3 is 2.63 bits per heavy atom. The molecule has 0 saturated heterocycles. The van der Waals surface area contributed by atoms with E-state index < -0.39 is 11.5 Å². The van der Waals surface area contributed by atoms with Gasteiger partial charge in [-0.25, -0.2) is 4.98 Å². The van der Waals surface area contributed by atoms with Crippen molar-refractivity contribution in [1.29, 1.82) is 0 Å². The summed E-state index contributed by atoms with van der Waals surface area (Å²) in [6, 6.07) is 0. The molecule has 1 aromatic rings. The number of aromatic nitrogens is 1. The number of aliphatic carboxylic acids is 1. The maximum atomic E-state index is 12.4. The number of carboxylic acid groups (broad SMARTS) is 1. The van der Waals surface area contributed by atoms with E-state index in [1.165, 1.54) is 11.3 Å². The zero-order chi connectivity index (χ0) is 13.9. The van der Waals surface area contributed by atoms with Crippen LogP contribution in [0.1, 0.15) is 49.0 Å². The van der Waals surface area contributed by atoms with Crippen molar-refractivity contribution in [1.82, 2.24) is 9.88 Å². The van der Waals surface area contributed by atoms with E-state index in [0.717, 1.165) is 32.1 Å². The van der Waals surface area contributed by atoms with Crippen LogP contribution in [-0.2, 0) is 4.79 Å². The topological polar surface area (TPSA) is 70.5 Å². The van der Waals surface area contributed by atoms with Crippen LogP contribution in [0.3, 0.4) is 0 Å². The van der Waals surface area contributed by atoms with Crippen molar-refractivity contribution in [3.05, 3.63) is 16.6 Å². The smallest absolute Gasteiger partial charge is 0.305 e. The number of carbonyl (C=O) groups is 2. The van der Waals surface area contributed by atoms with E-state index in [1.807, 2.05) is 0 Å². The number of hydrogen-bond donors (Lipinski definition) is 1. The Morgan fingerprint density at radius 2 is 2.11 bits per heavy atom. The second kappa shape index (κ2) is 5.69. The minimum absolute atomic E-state index is 0.0133. The summed E-state index contributed by atoms with van der Waals surface area (Å²) < 4.78 is 0. The Labute approximate surface area is 116 Å². The molecule has 1 heterocycles. The summed E-state index contributed by atoms with van der Waals surface area (Å²) in [7, 11) is 1.70. The summed E-state index contributed by atoms with van der Waals surface area (Å²) in [5, 5.41) is 10.8. The van der Waals surface area contributed by atoms with Gasteiger partial charge in [-0.1, -0.05) is 19.3 Å². The molecule has 1 N–H and O–H groups in total. The van der Waals surface area contributed by atoms with Crippen molar-refractivity contribution in [3.8, 4) is 0 Å². The first-order valence-corrected chi connectivity index (χ1v) is 7.38. The van der Waals surface area contributed by atoms with E-state index >= 15 is 0 Å². The van der Waals surface area contributed by atoms with Crippen LogP contribution >= 0.6 is 11.3 Å². The predicted molar refractivity (Wildman–Crippen MR) is 72.3 cm³/mol. The van der Waals surface area contributed by atoms with Gasteiger partial charge in [0.25, 0.3) is 5.91 Å². The van der Waals surface area contributed by atoms with Crippen LogP contribution in [-0.4, -0.2) is 39.5 Å². The molecule has 0 unspecified atom stereocenters. The fraction of sp³-hybridized carbons (Fsp3) is 0.615. The highest BCUT2D eigenvalue weighted by atomic mass is 32.1. The predicted octanol–water partition coefficient (Wildman–Crippen LogP) is 2.39. The van der Waals surface area contributed by atoms with Crippen molar-refractivity contribution in [2.24, 2.45) is 0 Å². The van der Waals surface area contributed by atoms with E-state index in [2.05, 4.69) is 4.98 Å². The van der Waals surface area contributed by atoms with Gasteiger partial charge in [0, 0.05) is 12.4 Å². The molecule has 104 valence electrons. The molecule has 19 heavy (non-hydrogen) atoms. The molecular formula is C13H18N2O3S. The number of nitrogens with zero attached hydrogens (tertiary/aromatic N) is 2. The standard InChI is InChI=1S/C13H18N2O3S/c1-15(12(18)10-8-19-9-14-10)13(7-11(16)17)5-3-2-4-6-13/h8-9H,2-7H2,1H3,(H,16,17). The van der Waals surface area contributed by atoms with E-state index in [9.17, 15) is 9.59 Å². The molecule has 0 radical (unpaired) electrons. The van der Waals surface area contributed by atoms with Crippen LogP contribution in [0.25, 0.3) is 0 Å². The minimum Gasteiger partial charge on any atom is -0.481 e. The molecule has 1 fully saturated rings. The van der Waals surface area contributed by atoms with E-state index in [-0.39, 0.29) is 12.3 Å². The van der Waals surface area contributed by atoms with Gasteiger partial charge in [-0.05, 0) is 12.8 Å². The first-order valence-electron chi connectivity index (χ1n) is 6.43. The molecule has 1 aliphatic rings. The first kappa shape index (κ1) is 14.0. The molecule has 5 nitrogen and oxygen atoms in total. The molecular weight excluding hydrogens is 264 g/mol. The summed E-state index contributed by atoms with van der Waals surface area (Å²) in [5.74, 6) is -1.02. The van der Waals surface area contributed by atoms with Crippen LogP contribution < -0.4 is 0 Å². The third kappa shape index (κ3) is 2.94. The van der Waals surface area contributed by atoms with Crippen LogP contribution in [0, 0.1) is 0 Å². The molecule has 0 atom stereocenters. The highest BCUT2D eigenvalue weighted by molar-refractivity contribution is 7.07. The van der Waals surface area contributed by atoms with Crippen molar-refractivity contribution >= 4 is 23.2 Å². The number of rotatable bonds is 4. The molecule has 0 aromatic carbocycles. The number of hydrogen-bond acceptors (Lipinski definition) is 4. The van der Waals surface area contributed by atoms with Crippen LogP contribution in [0.5, 0.6) is 0 Å². The van der Waals surface area contributed by atoms with Crippen LogP contribution in [0.4, 0.5) is 0 Å². The molecule has 6 heteroatoms. The number of thiazole rings is 1. The van der Waals surface area contributed by atoms with Crippen molar-refractivity contribution in [2.45, 2.75) is 44.1 Å². The van der Waals surface area contributed by atoms with Gasteiger partial charge >= 0.3 is 5.97 Å². The summed E-state index contributed by atoms with van der Waals surface area (Å²) in [6.07, 6.45) is 4.58. The number of carboxylic acids is 1. The summed E-state index contributed by atoms with van der Waals surface area (Å²) >= 11 is 1.37. The molecule has 2 rings (SSSR count). The third-order valence-electron chi connectivity index (χ3n) is 3.93. The quantitative estimate of drug-likeness (QED) is 0.920. The highest BCUT2D eigenvalue weighted by Gasteiger charge is 2.41. The van der Waals surface area contributed by atoms with Gasteiger partial charge in [0.1, 0.15) is 5.69 Å². The highest BCUT2D eigenvalue weighted by Crippen LogP contribution is 2.36. The lowest BCUT2D eigenvalue weighted by molar-refractivity contribution is -0.140. The summed E-state index contributed by atoms with van der Waals surface area (Å²) in [6.45, 7) is 0. The molecule has 1 aromatic heterocycles. The summed E-state index contributed by atoms with van der Waals surface area (Å²) in [4.78, 5) is 29.1. The average Bonchev–Trinajstić information content (AvgIpc) is 2.91. The zero-order valence-electron chi connectivity index (χ0n) is 11.0. The second-order valence-electron chi connectivity index (χ2n) is 5.09. The fourth-order valence-electron chi connectivity index (χ4n) is 2.83. The SMILES string of the molecule is CN(C(=O)c1cscn1)C1(CC(=O)O)CCCCC1. The van der Waals surface area contributed by atoms with Gasteiger partial charge in [-0.15, -0.1) is 11.3 Å². The maximum Gasteiger partial charge on any atom is 0.305 e. The Balaban J connectivity index is 2.22. The van der Waals surface area contributed by atoms with Gasteiger partial charge in [-0.3, -0.25) is 9.59 Å². The van der Waals surface area contributed by atoms with Crippen LogP contribution in [0.15, 0.2) is 10.9 Å². The maximum absolute atomic E-state index is 12.4. The Morgan fingerprint density at radius 1 is 1.42 bits per heavy atom. The largest absolute Gasteiger partial charge is 0.481 e. The third-order valence-corrected chi connectivity index (χ3v) is 4.52. The van der Waals surface area contributed by atoms with Gasteiger partial charge in [0.2, 0.25) is 0 Å². The lowest BCUT2D eigenvalue weighted by Crippen LogP contribution is -2.52. The first-order chi connectivity index (χ1) is 9.05. The molecule has 1 aliphatic carbocycles. The Hall–Kier alpha value is -1.43. The monoisotopic (exact) mass is 282 g/mol. The van der Waals surface area contributed by atoms with Crippen LogP contribution in [0.2, 0.25) is 0 Å². The average molecular weight is 282 g/mol. The van der Waals surface area contributed by atoms with E-state index in [4.69, 9.17) is 5.11 Å². The Kier molecular flexibility index (Phi) is 4.19. The van der Waals surface area contributed by atoms with Gasteiger partial charge in [-0.2, -0.15) is 0 Å². The van der Waals surface area contributed by atoms with Gasteiger partial charge in [0.15, 0.2) is 0 Å². The molecule has 0 bridgehead atoms.